The molecule has 1 aliphatic rings. The summed E-state index contributed by atoms with van der Waals surface area (Å²) in [6, 6.07) is 31.3. The van der Waals surface area contributed by atoms with Crippen LogP contribution in [0.1, 0.15) is 30.0 Å². The summed E-state index contributed by atoms with van der Waals surface area (Å²) in [5, 5.41) is 10.7. The molecule has 3 aromatic rings. The number of likely N-dealkylation sites (tertiary alicyclic amines) is 1. The maximum atomic E-state index is 12.2. The molecule has 1 fully saturated rings. The van der Waals surface area contributed by atoms with E-state index in [0.717, 1.165) is 16.7 Å². The molecule has 32 heavy (non-hydrogen) atoms. The Balaban J connectivity index is 1.91. The number of hydrogen-bond acceptors (Lipinski definition) is 4. The van der Waals surface area contributed by atoms with Gasteiger partial charge >= 0.3 is 5.97 Å². The van der Waals surface area contributed by atoms with Crippen LogP contribution in [-0.4, -0.2) is 41.8 Å². The van der Waals surface area contributed by atoms with Gasteiger partial charge in [0.2, 0.25) is 0 Å². The Hall–Kier alpha value is -3.21. The van der Waals surface area contributed by atoms with Gasteiger partial charge in [-0.15, -0.1) is 0 Å². The predicted octanol–water partition coefficient (Wildman–Crippen LogP) is 4.53. The summed E-state index contributed by atoms with van der Waals surface area (Å²) in [6.07, 6.45) is 1.35. The molecule has 0 amide bonds. The molecular weight excluding hydrogens is 398 g/mol. The van der Waals surface area contributed by atoms with E-state index in [2.05, 4.69) is 77.7 Å². The van der Waals surface area contributed by atoms with Crippen LogP contribution in [0.25, 0.3) is 0 Å². The minimum Gasteiger partial charge on any atom is -0.463 e. The highest BCUT2D eigenvalue weighted by atomic mass is 16.5. The predicted molar refractivity (Wildman–Crippen MR) is 126 cm³/mol. The number of esters is 1. The van der Waals surface area contributed by atoms with Gasteiger partial charge in [0.05, 0.1) is 18.2 Å². The molecule has 4 nitrogen and oxygen atoms in total. The molecule has 0 radical (unpaired) electrons. The number of aliphatic hydroxyl groups excluding tert-OH is 1. The molecule has 164 valence electrons. The van der Waals surface area contributed by atoms with Gasteiger partial charge in [0.15, 0.2) is 0 Å². The molecule has 0 spiro atoms. The number of carbonyl (C=O) groups excluding carboxylic acids is 1. The van der Waals surface area contributed by atoms with Crippen molar-refractivity contribution in [2.45, 2.75) is 25.0 Å². The SMILES string of the molecule is CCOC(=O)/C=C1\CN(C(c2ccccc2)(c2ccccc2)c2ccccc2)CCC1O. The zero-order valence-corrected chi connectivity index (χ0v) is 18.4. The minimum absolute atomic E-state index is 0.310. The first-order valence-corrected chi connectivity index (χ1v) is 11.1. The summed E-state index contributed by atoms with van der Waals surface area (Å²) in [5.41, 5.74) is 3.54. The largest absolute Gasteiger partial charge is 0.463 e. The lowest BCUT2D eigenvalue weighted by Crippen LogP contribution is -2.53. The third-order valence-corrected chi connectivity index (χ3v) is 6.11. The lowest BCUT2D eigenvalue weighted by Gasteiger charge is -2.48. The lowest BCUT2D eigenvalue weighted by atomic mass is 9.74. The van der Waals surface area contributed by atoms with E-state index in [1.54, 1.807) is 6.92 Å². The van der Waals surface area contributed by atoms with Gasteiger partial charge in [0, 0.05) is 19.2 Å². The molecule has 4 heteroatoms. The fourth-order valence-corrected chi connectivity index (χ4v) is 4.72. The molecule has 4 rings (SSSR count). The molecular formula is C28H29NO3. The maximum absolute atomic E-state index is 12.2. The van der Waals surface area contributed by atoms with Crippen LogP contribution in [0.5, 0.6) is 0 Å². The van der Waals surface area contributed by atoms with Crippen LogP contribution in [-0.2, 0) is 15.1 Å². The van der Waals surface area contributed by atoms with Crippen LogP contribution in [0.3, 0.4) is 0 Å². The van der Waals surface area contributed by atoms with Crippen molar-refractivity contribution in [3.63, 3.8) is 0 Å². The first kappa shape index (κ1) is 22.0. The molecule has 1 saturated heterocycles. The number of aliphatic hydroxyl groups is 1. The van der Waals surface area contributed by atoms with E-state index in [1.165, 1.54) is 6.08 Å². The fraction of sp³-hybridized carbons (Fsp3) is 0.250. The Morgan fingerprint density at radius 1 is 0.938 bits per heavy atom. The van der Waals surface area contributed by atoms with Crippen molar-refractivity contribution in [2.75, 3.05) is 19.7 Å². The van der Waals surface area contributed by atoms with E-state index in [4.69, 9.17) is 4.74 Å². The Morgan fingerprint density at radius 2 is 1.41 bits per heavy atom. The number of piperidine rings is 1. The second kappa shape index (κ2) is 9.94. The number of hydrogen-bond donors (Lipinski definition) is 1. The number of ether oxygens (including phenoxy) is 1. The Bertz CT molecular complexity index is 951. The number of carbonyl (C=O) groups is 1. The molecule has 1 unspecified atom stereocenters. The summed E-state index contributed by atoms with van der Waals surface area (Å²) in [5.74, 6) is -0.409. The van der Waals surface area contributed by atoms with Crippen molar-refractivity contribution in [3.05, 3.63) is 119 Å². The number of nitrogens with zero attached hydrogens (tertiary/aromatic N) is 1. The average molecular weight is 428 g/mol. The van der Waals surface area contributed by atoms with E-state index >= 15 is 0 Å². The Kier molecular flexibility index (Phi) is 6.84. The minimum atomic E-state index is -0.657. The van der Waals surface area contributed by atoms with Gasteiger partial charge in [0.1, 0.15) is 0 Å². The Labute approximate surface area is 189 Å². The van der Waals surface area contributed by atoms with Crippen molar-refractivity contribution >= 4 is 5.97 Å². The van der Waals surface area contributed by atoms with Crippen LogP contribution < -0.4 is 0 Å². The topological polar surface area (TPSA) is 49.8 Å². The first-order valence-electron chi connectivity index (χ1n) is 11.1. The fourth-order valence-electron chi connectivity index (χ4n) is 4.72. The van der Waals surface area contributed by atoms with E-state index in [1.807, 2.05) is 18.2 Å². The van der Waals surface area contributed by atoms with E-state index in [-0.39, 0.29) is 0 Å². The van der Waals surface area contributed by atoms with Gasteiger partial charge in [-0.3, -0.25) is 4.90 Å². The molecule has 1 atom stereocenters. The summed E-state index contributed by atoms with van der Waals surface area (Å²) < 4.78 is 5.12. The zero-order chi connectivity index (χ0) is 22.4. The maximum Gasteiger partial charge on any atom is 0.330 e. The summed E-state index contributed by atoms with van der Waals surface area (Å²) in [6.45, 7) is 3.23. The highest BCUT2D eigenvalue weighted by molar-refractivity contribution is 5.83. The molecule has 0 bridgehead atoms. The van der Waals surface area contributed by atoms with Gasteiger partial charge in [-0.05, 0) is 35.6 Å². The van der Waals surface area contributed by atoms with Gasteiger partial charge < -0.3 is 9.84 Å². The molecule has 0 aromatic heterocycles. The van der Waals surface area contributed by atoms with Gasteiger partial charge in [0.25, 0.3) is 0 Å². The van der Waals surface area contributed by atoms with E-state index in [9.17, 15) is 9.90 Å². The molecule has 0 aliphatic carbocycles. The van der Waals surface area contributed by atoms with Crippen LogP contribution in [0.4, 0.5) is 0 Å². The lowest BCUT2D eigenvalue weighted by molar-refractivity contribution is -0.137. The quantitative estimate of drug-likeness (QED) is 0.357. The average Bonchev–Trinajstić information content (AvgIpc) is 2.84. The van der Waals surface area contributed by atoms with E-state index in [0.29, 0.717) is 31.7 Å². The van der Waals surface area contributed by atoms with Crippen LogP contribution >= 0.6 is 0 Å². The third-order valence-electron chi connectivity index (χ3n) is 6.11. The molecule has 3 aromatic carbocycles. The van der Waals surface area contributed by atoms with Gasteiger partial charge in [-0.2, -0.15) is 0 Å². The van der Waals surface area contributed by atoms with Gasteiger partial charge in [-0.1, -0.05) is 91.0 Å². The number of rotatable bonds is 6. The summed E-state index contributed by atoms with van der Waals surface area (Å²) in [7, 11) is 0. The second-order valence-electron chi connectivity index (χ2n) is 8.01. The van der Waals surface area contributed by atoms with Crippen molar-refractivity contribution < 1.29 is 14.6 Å². The molecule has 1 N–H and O–H groups in total. The standard InChI is InChI=1S/C28H29NO3/c1-2-32-27(31)20-22-21-29(19-18-26(22)30)28(23-12-6-3-7-13-23,24-14-8-4-9-15-24)25-16-10-5-11-17-25/h3-17,20,26,30H,2,18-19,21H2,1H3/b22-20+. The molecule has 1 heterocycles. The second-order valence-corrected chi connectivity index (χ2v) is 8.01. The van der Waals surface area contributed by atoms with Crippen molar-refractivity contribution in [2.24, 2.45) is 0 Å². The normalized spacial score (nSPS) is 18.4. The number of benzene rings is 3. The smallest absolute Gasteiger partial charge is 0.330 e. The van der Waals surface area contributed by atoms with Crippen LogP contribution in [0.15, 0.2) is 103 Å². The van der Waals surface area contributed by atoms with E-state index < -0.39 is 17.6 Å². The monoisotopic (exact) mass is 427 g/mol. The van der Waals surface area contributed by atoms with Crippen molar-refractivity contribution in [1.82, 2.24) is 4.90 Å². The zero-order valence-electron chi connectivity index (χ0n) is 18.4. The first-order chi connectivity index (χ1) is 15.7. The summed E-state index contributed by atoms with van der Waals surface area (Å²) in [4.78, 5) is 14.6. The third kappa shape index (κ3) is 4.24. The molecule has 1 aliphatic heterocycles. The highest BCUT2D eigenvalue weighted by Gasteiger charge is 2.44. The molecule has 0 saturated carbocycles. The van der Waals surface area contributed by atoms with Crippen molar-refractivity contribution in [3.8, 4) is 0 Å². The van der Waals surface area contributed by atoms with Crippen LogP contribution in [0.2, 0.25) is 0 Å². The highest BCUT2D eigenvalue weighted by Crippen LogP contribution is 2.44. The van der Waals surface area contributed by atoms with Crippen molar-refractivity contribution in [1.29, 1.82) is 0 Å². The van der Waals surface area contributed by atoms with Gasteiger partial charge in [-0.25, -0.2) is 4.79 Å². The summed E-state index contributed by atoms with van der Waals surface area (Å²) >= 11 is 0. The Morgan fingerprint density at radius 3 is 1.84 bits per heavy atom. The van der Waals surface area contributed by atoms with Crippen LogP contribution in [0, 0.1) is 0 Å².